The summed E-state index contributed by atoms with van der Waals surface area (Å²) < 4.78 is 0. The molecule has 0 aromatic carbocycles. The van der Waals surface area contributed by atoms with E-state index in [1.54, 1.807) is 0 Å². The van der Waals surface area contributed by atoms with E-state index >= 15 is 0 Å². The van der Waals surface area contributed by atoms with Crippen LogP contribution in [-0.2, 0) is 0 Å². The van der Waals surface area contributed by atoms with Gasteiger partial charge in [-0.25, -0.2) is 0 Å². The molecule has 1 aliphatic carbocycles. The van der Waals surface area contributed by atoms with Crippen LogP contribution < -0.4 is 5.32 Å². The lowest BCUT2D eigenvalue weighted by Gasteiger charge is -2.29. The third kappa shape index (κ3) is 2.50. The molecule has 7 heteroatoms. The average Bonchev–Trinajstić information content (AvgIpc) is 3.10. The van der Waals surface area contributed by atoms with Crippen molar-refractivity contribution in [3.8, 4) is 0 Å². The fourth-order valence-corrected chi connectivity index (χ4v) is 2.52. The van der Waals surface area contributed by atoms with Crippen molar-refractivity contribution < 1.29 is 4.79 Å². The van der Waals surface area contributed by atoms with Crippen LogP contribution in [0.15, 0.2) is 0 Å². The third-order valence-electron chi connectivity index (χ3n) is 3.64. The van der Waals surface area contributed by atoms with Crippen LogP contribution in [-0.4, -0.2) is 57.1 Å². The zero-order valence-electron chi connectivity index (χ0n) is 10.3. The summed E-state index contributed by atoms with van der Waals surface area (Å²) in [6, 6.07) is 0.387. The number of tetrazole rings is 1. The number of piperidine rings is 1. The molecule has 1 aromatic rings. The summed E-state index contributed by atoms with van der Waals surface area (Å²) in [5.74, 6) is 0.651. The van der Waals surface area contributed by atoms with Crippen LogP contribution in [0, 0.1) is 5.92 Å². The molecule has 0 spiro atoms. The van der Waals surface area contributed by atoms with Gasteiger partial charge in [0.25, 0.3) is 11.7 Å². The number of nitrogens with one attached hydrogen (secondary N) is 2. The zero-order chi connectivity index (χ0) is 12.4. The number of amides is 1. The van der Waals surface area contributed by atoms with Gasteiger partial charge in [-0.2, -0.15) is 5.21 Å². The number of nitrogens with zero attached hydrogens (tertiary/aromatic N) is 4. The number of aromatic amines is 1. The van der Waals surface area contributed by atoms with Crippen molar-refractivity contribution in [2.75, 3.05) is 19.6 Å². The third-order valence-corrected chi connectivity index (χ3v) is 3.64. The Morgan fingerprint density at radius 2 is 2.28 bits per heavy atom. The molecule has 1 aromatic heterocycles. The highest BCUT2D eigenvalue weighted by atomic mass is 16.2. The second-order valence-electron chi connectivity index (χ2n) is 5.14. The Morgan fingerprint density at radius 3 is 2.89 bits per heavy atom. The molecule has 2 N–H and O–H groups in total. The highest BCUT2D eigenvalue weighted by Gasteiger charge is 2.36. The minimum absolute atomic E-state index is 0.0863. The van der Waals surface area contributed by atoms with Crippen LogP contribution in [0.25, 0.3) is 0 Å². The normalized spacial score (nSPS) is 23.9. The summed E-state index contributed by atoms with van der Waals surface area (Å²) in [4.78, 5) is 14.2. The largest absolute Gasteiger partial charge is 0.332 e. The molecular formula is C11H18N6O. The van der Waals surface area contributed by atoms with E-state index in [0.29, 0.717) is 12.0 Å². The molecule has 1 amide bonds. The van der Waals surface area contributed by atoms with Gasteiger partial charge in [0, 0.05) is 12.6 Å². The van der Waals surface area contributed by atoms with Crippen LogP contribution in [0.5, 0.6) is 0 Å². The first-order valence-electron chi connectivity index (χ1n) is 6.59. The van der Waals surface area contributed by atoms with Crippen molar-refractivity contribution in [1.82, 2.24) is 30.8 Å². The number of aromatic nitrogens is 4. The van der Waals surface area contributed by atoms with Gasteiger partial charge in [-0.3, -0.25) is 4.79 Å². The molecule has 2 fully saturated rings. The molecule has 2 aliphatic rings. The number of hydrogen-bond acceptors (Lipinski definition) is 5. The Kier molecular flexibility index (Phi) is 3.22. The predicted octanol–water partition coefficient (Wildman–Crippen LogP) is -0.196. The Labute approximate surface area is 105 Å². The maximum Gasteiger partial charge on any atom is 0.295 e. The van der Waals surface area contributed by atoms with E-state index in [9.17, 15) is 4.79 Å². The Hall–Kier alpha value is -1.50. The van der Waals surface area contributed by atoms with Gasteiger partial charge in [-0.15, -0.1) is 10.2 Å². The fraction of sp³-hybridized carbons (Fsp3) is 0.818. The van der Waals surface area contributed by atoms with E-state index in [1.807, 2.05) is 4.90 Å². The van der Waals surface area contributed by atoms with Gasteiger partial charge in [0.2, 0.25) is 0 Å². The van der Waals surface area contributed by atoms with Crippen molar-refractivity contribution in [1.29, 1.82) is 0 Å². The molecule has 1 unspecified atom stereocenters. The van der Waals surface area contributed by atoms with Gasteiger partial charge in [-0.05, 0) is 49.9 Å². The molecule has 0 bridgehead atoms. The van der Waals surface area contributed by atoms with Gasteiger partial charge in [0.1, 0.15) is 0 Å². The lowest BCUT2D eigenvalue weighted by atomic mass is 9.99. The van der Waals surface area contributed by atoms with E-state index in [2.05, 4.69) is 25.9 Å². The molecule has 7 nitrogen and oxygen atoms in total. The van der Waals surface area contributed by atoms with Crippen molar-refractivity contribution in [3.63, 3.8) is 0 Å². The number of hydrogen-bond donors (Lipinski definition) is 2. The summed E-state index contributed by atoms with van der Waals surface area (Å²) in [5.41, 5.74) is 0. The Morgan fingerprint density at radius 1 is 1.39 bits per heavy atom. The second-order valence-corrected chi connectivity index (χ2v) is 5.14. The minimum atomic E-state index is -0.0863. The van der Waals surface area contributed by atoms with E-state index in [1.165, 1.54) is 12.8 Å². The van der Waals surface area contributed by atoms with Gasteiger partial charge >= 0.3 is 0 Å². The van der Waals surface area contributed by atoms with Crippen molar-refractivity contribution in [3.05, 3.63) is 5.82 Å². The summed E-state index contributed by atoms with van der Waals surface area (Å²) in [5, 5.41) is 16.8. The van der Waals surface area contributed by atoms with E-state index < -0.39 is 0 Å². The van der Waals surface area contributed by atoms with E-state index in [4.69, 9.17) is 0 Å². The average molecular weight is 250 g/mol. The van der Waals surface area contributed by atoms with Crippen LogP contribution >= 0.6 is 0 Å². The molecule has 1 saturated carbocycles. The van der Waals surface area contributed by atoms with Gasteiger partial charge < -0.3 is 10.2 Å². The molecule has 1 aliphatic heterocycles. The lowest BCUT2D eigenvalue weighted by molar-refractivity contribution is 0.0692. The second kappa shape index (κ2) is 5.01. The van der Waals surface area contributed by atoms with Gasteiger partial charge in [0.05, 0.1) is 0 Å². The number of carbonyl (C=O) groups excluding carboxylic acids is 1. The quantitative estimate of drug-likeness (QED) is 0.773. The molecule has 98 valence electrons. The highest BCUT2D eigenvalue weighted by molar-refractivity contribution is 5.90. The van der Waals surface area contributed by atoms with Crippen molar-refractivity contribution in [2.24, 2.45) is 5.92 Å². The monoisotopic (exact) mass is 250 g/mol. The van der Waals surface area contributed by atoms with Gasteiger partial charge in [-0.1, -0.05) is 0 Å². The molecule has 0 radical (unpaired) electrons. The summed E-state index contributed by atoms with van der Waals surface area (Å²) in [6.07, 6.45) is 4.59. The van der Waals surface area contributed by atoms with Gasteiger partial charge in [0.15, 0.2) is 0 Å². The van der Waals surface area contributed by atoms with Crippen molar-refractivity contribution >= 4 is 5.91 Å². The smallest absolute Gasteiger partial charge is 0.295 e. The van der Waals surface area contributed by atoms with Crippen LogP contribution in [0.3, 0.4) is 0 Å². The maximum absolute atomic E-state index is 12.3. The van der Waals surface area contributed by atoms with Crippen LogP contribution in [0.2, 0.25) is 0 Å². The summed E-state index contributed by atoms with van der Waals surface area (Å²) in [7, 11) is 0. The zero-order valence-corrected chi connectivity index (χ0v) is 10.3. The summed E-state index contributed by atoms with van der Waals surface area (Å²) >= 11 is 0. The molecule has 1 saturated heterocycles. The van der Waals surface area contributed by atoms with Crippen molar-refractivity contribution in [2.45, 2.75) is 31.7 Å². The maximum atomic E-state index is 12.3. The number of H-pyrrole nitrogens is 1. The predicted molar refractivity (Wildman–Crippen MR) is 63.8 cm³/mol. The fourth-order valence-electron chi connectivity index (χ4n) is 2.52. The lowest BCUT2D eigenvalue weighted by Crippen LogP contribution is -2.42. The highest BCUT2D eigenvalue weighted by Crippen LogP contribution is 2.29. The number of rotatable bonds is 4. The topological polar surface area (TPSA) is 86.8 Å². The van der Waals surface area contributed by atoms with E-state index in [0.717, 1.165) is 32.5 Å². The number of carbonyl (C=O) groups is 1. The first kappa shape index (κ1) is 11.6. The molecule has 18 heavy (non-hydrogen) atoms. The molecule has 3 rings (SSSR count). The SMILES string of the molecule is O=C(c1nn[nH]n1)N(CC1CCCNC1)C1CC1. The van der Waals surface area contributed by atoms with E-state index in [-0.39, 0.29) is 11.7 Å². The summed E-state index contributed by atoms with van der Waals surface area (Å²) in [6.45, 7) is 2.91. The molecular weight excluding hydrogens is 232 g/mol. The standard InChI is InChI=1S/C11H18N6O/c18-11(10-13-15-16-14-10)17(9-3-4-9)7-8-2-1-5-12-6-8/h8-9,12H,1-7H2,(H,13,14,15,16). The Balaban J connectivity index is 1.66. The molecule has 2 heterocycles. The van der Waals surface area contributed by atoms with Crippen LogP contribution in [0.1, 0.15) is 36.3 Å². The first-order valence-corrected chi connectivity index (χ1v) is 6.59. The van der Waals surface area contributed by atoms with Crippen LogP contribution in [0.4, 0.5) is 0 Å². The Bertz CT molecular complexity index is 396. The molecule has 1 atom stereocenters. The minimum Gasteiger partial charge on any atom is -0.332 e. The first-order chi connectivity index (χ1) is 8.84.